The van der Waals surface area contributed by atoms with E-state index in [2.05, 4.69) is 26.5 Å². The Kier molecular flexibility index (Phi) is 6.16. The fourth-order valence-corrected chi connectivity index (χ4v) is 3.21. The van der Waals surface area contributed by atoms with Crippen molar-refractivity contribution in [2.24, 2.45) is 5.10 Å². The number of rotatable bonds is 6. The van der Waals surface area contributed by atoms with Crippen LogP contribution in [-0.4, -0.2) is 31.4 Å². The molecule has 1 amide bonds. The molecule has 3 aromatic carbocycles. The van der Waals surface area contributed by atoms with Gasteiger partial charge in [0.15, 0.2) is 11.5 Å². The Labute approximate surface area is 170 Å². The van der Waals surface area contributed by atoms with Crippen molar-refractivity contribution >= 4 is 38.8 Å². The van der Waals surface area contributed by atoms with E-state index in [0.717, 1.165) is 20.8 Å². The highest BCUT2D eigenvalue weighted by molar-refractivity contribution is 9.10. The van der Waals surface area contributed by atoms with Gasteiger partial charge in [0.1, 0.15) is 5.75 Å². The number of phenolic OH excluding ortho intramolecular Hbond substituents is 1. The maximum absolute atomic E-state index is 12.2. The van der Waals surface area contributed by atoms with Crippen molar-refractivity contribution in [3.05, 3.63) is 64.1 Å². The third-order valence-corrected chi connectivity index (χ3v) is 4.69. The lowest BCUT2D eigenvalue weighted by molar-refractivity contribution is -0.120. The molecule has 0 aliphatic carbocycles. The Bertz CT molecular complexity index is 1050. The van der Waals surface area contributed by atoms with Crippen molar-refractivity contribution in [1.82, 2.24) is 5.43 Å². The van der Waals surface area contributed by atoms with Gasteiger partial charge in [0.25, 0.3) is 0 Å². The summed E-state index contributed by atoms with van der Waals surface area (Å²) in [5, 5.41) is 15.9. The van der Waals surface area contributed by atoms with Gasteiger partial charge in [-0.1, -0.05) is 34.1 Å². The van der Waals surface area contributed by atoms with E-state index in [1.807, 2.05) is 24.3 Å². The van der Waals surface area contributed by atoms with E-state index in [0.29, 0.717) is 17.1 Å². The number of hydrogen-bond acceptors (Lipinski definition) is 5. The number of phenols is 1. The standard InChI is InChI=1S/C21H19BrN2O4/c1-27-19-8-3-13(9-20(19)28-2)10-21(26)24-23-12-17-16-6-5-15(22)11-14(16)4-7-18(17)25/h3-9,11-12,25H,10H2,1-2H3,(H,24,26)/b23-12+. The number of hydrazone groups is 1. The van der Waals surface area contributed by atoms with Crippen LogP contribution in [0, 0.1) is 0 Å². The summed E-state index contributed by atoms with van der Waals surface area (Å²) in [4.78, 5) is 12.2. The fourth-order valence-electron chi connectivity index (χ4n) is 2.83. The van der Waals surface area contributed by atoms with Gasteiger partial charge in [-0.25, -0.2) is 5.43 Å². The van der Waals surface area contributed by atoms with Crippen molar-refractivity contribution in [3.8, 4) is 17.2 Å². The normalized spacial score (nSPS) is 11.0. The zero-order valence-corrected chi connectivity index (χ0v) is 17.0. The number of ether oxygens (including phenoxy) is 2. The molecule has 28 heavy (non-hydrogen) atoms. The Morgan fingerprint density at radius 1 is 1.11 bits per heavy atom. The summed E-state index contributed by atoms with van der Waals surface area (Å²) in [6, 6.07) is 14.4. The first-order valence-electron chi connectivity index (χ1n) is 8.46. The second-order valence-electron chi connectivity index (χ2n) is 6.02. The van der Waals surface area contributed by atoms with E-state index in [1.54, 1.807) is 38.5 Å². The molecule has 0 saturated carbocycles. The number of fused-ring (bicyclic) bond motifs is 1. The Hall–Kier alpha value is -3.06. The Morgan fingerprint density at radius 3 is 2.64 bits per heavy atom. The van der Waals surface area contributed by atoms with Crippen LogP contribution in [0.4, 0.5) is 0 Å². The van der Waals surface area contributed by atoms with Gasteiger partial charge >= 0.3 is 0 Å². The van der Waals surface area contributed by atoms with Crippen LogP contribution in [0.3, 0.4) is 0 Å². The Balaban J connectivity index is 1.72. The number of amides is 1. The summed E-state index contributed by atoms with van der Waals surface area (Å²) >= 11 is 3.43. The van der Waals surface area contributed by atoms with Gasteiger partial charge in [-0.3, -0.25) is 4.79 Å². The SMILES string of the molecule is COc1ccc(CC(=O)N/N=C/c2c(O)ccc3cc(Br)ccc23)cc1OC. The molecule has 0 aromatic heterocycles. The first-order valence-corrected chi connectivity index (χ1v) is 9.25. The lowest BCUT2D eigenvalue weighted by Gasteiger charge is -2.09. The van der Waals surface area contributed by atoms with Crippen LogP contribution in [0.1, 0.15) is 11.1 Å². The van der Waals surface area contributed by atoms with Gasteiger partial charge in [-0.15, -0.1) is 0 Å². The smallest absolute Gasteiger partial charge is 0.244 e. The lowest BCUT2D eigenvalue weighted by atomic mass is 10.0. The molecule has 0 saturated heterocycles. The van der Waals surface area contributed by atoms with Crippen molar-refractivity contribution in [3.63, 3.8) is 0 Å². The highest BCUT2D eigenvalue weighted by atomic mass is 79.9. The fraction of sp³-hybridized carbons (Fsp3) is 0.143. The van der Waals surface area contributed by atoms with Gasteiger partial charge in [0.05, 0.1) is 26.9 Å². The number of nitrogens with zero attached hydrogens (tertiary/aromatic N) is 1. The molecule has 0 heterocycles. The van der Waals surface area contributed by atoms with E-state index in [-0.39, 0.29) is 18.1 Å². The molecule has 0 aliphatic heterocycles. The zero-order chi connectivity index (χ0) is 20.1. The number of carbonyl (C=O) groups is 1. The summed E-state index contributed by atoms with van der Waals surface area (Å²) in [6.07, 6.45) is 1.57. The minimum absolute atomic E-state index is 0.0905. The summed E-state index contributed by atoms with van der Waals surface area (Å²) in [5.74, 6) is 0.963. The van der Waals surface area contributed by atoms with Crippen LogP contribution in [0.15, 0.2) is 58.1 Å². The molecule has 0 aliphatic rings. The average molecular weight is 443 g/mol. The van der Waals surface area contributed by atoms with E-state index in [9.17, 15) is 9.90 Å². The van der Waals surface area contributed by atoms with Gasteiger partial charge < -0.3 is 14.6 Å². The number of carbonyl (C=O) groups excluding carboxylic acids is 1. The number of hydrogen-bond donors (Lipinski definition) is 2. The highest BCUT2D eigenvalue weighted by Crippen LogP contribution is 2.28. The van der Waals surface area contributed by atoms with Crippen molar-refractivity contribution in [1.29, 1.82) is 0 Å². The van der Waals surface area contributed by atoms with E-state index in [1.165, 1.54) is 6.21 Å². The molecule has 0 radical (unpaired) electrons. The highest BCUT2D eigenvalue weighted by Gasteiger charge is 2.09. The minimum atomic E-state index is -0.286. The Morgan fingerprint density at radius 2 is 1.89 bits per heavy atom. The first kappa shape index (κ1) is 19.7. The molecule has 144 valence electrons. The average Bonchev–Trinajstić information content (AvgIpc) is 2.69. The quantitative estimate of drug-likeness (QED) is 0.446. The maximum Gasteiger partial charge on any atom is 0.244 e. The predicted octanol–water partition coefficient (Wildman–Crippen LogP) is 4.02. The molecular weight excluding hydrogens is 424 g/mol. The van der Waals surface area contributed by atoms with Gasteiger partial charge in [-0.2, -0.15) is 5.10 Å². The molecule has 0 atom stereocenters. The van der Waals surface area contributed by atoms with Gasteiger partial charge in [0, 0.05) is 10.0 Å². The van der Waals surface area contributed by atoms with E-state index < -0.39 is 0 Å². The van der Waals surface area contributed by atoms with Gasteiger partial charge in [-0.05, 0) is 46.7 Å². The monoisotopic (exact) mass is 442 g/mol. The van der Waals surface area contributed by atoms with E-state index >= 15 is 0 Å². The molecule has 2 N–H and O–H groups in total. The van der Waals surface area contributed by atoms with Crippen LogP contribution < -0.4 is 14.9 Å². The van der Waals surface area contributed by atoms with Crippen molar-refractivity contribution in [2.75, 3.05) is 14.2 Å². The van der Waals surface area contributed by atoms with E-state index in [4.69, 9.17) is 9.47 Å². The van der Waals surface area contributed by atoms with Crippen molar-refractivity contribution in [2.45, 2.75) is 6.42 Å². The van der Waals surface area contributed by atoms with Crippen LogP contribution >= 0.6 is 15.9 Å². The van der Waals surface area contributed by atoms with Gasteiger partial charge in [0.2, 0.25) is 5.91 Å². The number of methoxy groups -OCH3 is 2. The molecule has 0 spiro atoms. The van der Waals surface area contributed by atoms with Crippen LogP contribution in [0.5, 0.6) is 17.2 Å². The largest absolute Gasteiger partial charge is 0.507 e. The summed E-state index contributed by atoms with van der Waals surface area (Å²) in [7, 11) is 3.10. The van der Waals surface area contributed by atoms with Crippen LogP contribution in [0.25, 0.3) is 10.8 Å². The predicted molar refractivity (Wildman–Crippen MR) is 112 cm³/mol. The maximum atomic E-state index is 12.2. The molecule has 3 rings (SSSR count). The third-order valence-electron chi connectivity index (χ3n) is 4.20. The third kappa shape index (κ3) is 4.43. The minimum Gasteiger partial charge on any atom is -0.507 e. The van der Waals surface area contributed by atoms with Crippen molar-refractivity contribution < 1.29 is 19.4 Å². The zero-order valence-electron chi connectivity index (χ0n) is 15.4. The molecule has 0 bridgehead atoms. The number of aromatic hydroxyl groups is 1. The molecule has 0 unspecified atom stereocenters. The second kappa shape index (κ2) is 8.75. The topological polar surface area (TPSA) is 80.2 Å². The van der Waals surface area contributed by atoms with Crippen LogP contribution in [0.2, 0.25) is 0 Å². The number of halogens is 1. The lowest BCUT2D eigenvalue weighted by Crippen LogP contribution is -2.19. The summed E-state index contributed by atoms with van der Waals surface area (Å²) in [6.45, 7) is 0. The number of benzene rings is 3. The second-order valence-corrected chi connectivity index (χ2v) is 6.94. The van der Waals surface area contributed by atoms with Crippen LogP contribution in [-0.2, 0) is 11.2 Å². The summed E-state index contributed by atoms with van der Waals surface area (Å²) in [5.41, 5.74) is 3.79. The number of nitrogens with one attached hydrogen (secondary N) is 1. The molecule has 7 heteroatoms. The first-order chi connectivity index (χ1) is 13.5. The summed E-state index contributed by atoms with van der Waals surface area (Å²) < 4.78 is 11.4. The molecular formula is C21H19BrN2O4. The molecule has 3 aromatic rings. The molecule has 6 nitrogen and oxygen atoms in total. The molecule has 0 fully saturated rings.